The molecule has 1 aromatic carbocycles. The second-order valence-electron chi connectivity index (χ2n) is 4.42. The maximum atomic E-state index is 5.41. The molecule has 2 rings (SSSR count). The number of thiophene rings is 1. The smallest absolute Gasteiger partial charge is 0.173 e. The highest BCUT2D eigenvalue weighted by Crippen LogP contribution is 2.13. The summed E-state index contributed by atoms with van der Waals surface area (Å²) in [5.74, 6) is 0. The summed E-state index contributed by atoms with van der Waals surface area (Å²) in [5, 5.41) is 6.10. The predicted molar refractivity (Wildman–Crippen MR) is 87.8 cm³/mol. The monoisotopic (exact) mass is 290 g/mol. The van der Waals surface area contributed by atoms with E-state index in [2.05, 4.69) is 58.9 Å². The summed E-state index contributed by atoms with van der Waals surface area (Å²) >= 11 is 7.16. The van der Waals surface area contributed by atoms with E-state index >= 15 is 0 Å². The van der Waals surface area contributed by atoms with Crippen LogP contribution in [0.25, 0.3) is 0 Å². The van der Waals surface area contributed by atoms with Crippen molar-refractivity contribution in [3.63, 3.8) is 0 Å². The number of aryl methyl sites for hydroxylation is 1. The van der Waals surface area contributed by atoms with Crippen molar-refractivity contribution in [2.75, 3.05) is 12.4 Å². The molecule has 19 heavy (non-hydrogen) atoms. The van der Waals surface area contributed by atoms with Crippen LogP contribution in [0, 0.1) is 0 Å². The van der Waals surface area contributed by atoms with Gasteiger partial charge in [0.15, 0.2) is 5.11 Å². The van der Waals surface area contributed by atoms with Gasteiger partial charge < -0.3 is 10.2 Å². The third-order valence-electron chi connectivity index (χ3n) is 2.93. The van der Waals surface area contributed by atoms with Crippen molar-refractivity contribution in [3.05, 3.63) is 52.2 Å². The Hall–Kier alpha value is -1.39. The number of nitrogens with one attached hydrogen (secondary N) is 1. The maximum absolute atomic E-state index is 5.41. The molecule has 0 saturated carbocycles. The first kappa shape index (κ1) is 14.0. The molecule has 0 atom stereocenters. The zero-order chi connectivity index (χ0) is 13.7. The summed E-state index contributed by atoms with van der Waals surface area (Å²) in [5.41, 5.74) is 2.38. The molecular weight excluding hydrogens is 272 g/mol. The van der Waals surface area contributed by atoms with Crippen LogP contribution in [0.1, 0.15) is 17.4 Å². The Morgan fingerprint density at radius 3 is 2.58 bits per heavy atom. The highest BCUT2D eigenvalue weighted by atomic mass is 32.1. The molecule has 0 aliphatic rings. The minimum absolute atomic E-state index is 0.748. The summed E-state index contributed by atoms with van der Waals surface area (Å²) in [7, 11) is 2.01. The molecule has 0 radical (unpaired) electrons. The van der Waals surface area contributed by atoms with Gasteiger partial charge in [0.05, 0.1) is 6.54 Å². The Morgan fingerprint density at radius 1 is 1.26 bits per heavy atom. The van der Waals surface area contributed by atoms with E-state index < -0.39 is 0 Å². The molecule has 1 heterocycles. The molecular formula is C15H18N2S2. The fourth-order valence-electron chi connectivity index (χ4n) is 1.75. The van der Waals surface area contributed by atoms with Gasteiger partial charge in [-0.15, -0.1) is 11.3 Å². The van der Waals surface area contributed by atoms with Crippen molar-refractivity contribution < 1.29 is 0 Å². The molecule has 0 amide bonds. The second kappa shape index (κ2) is 6.68. The predicted octanol–water partition coefficient (Wildman–Crippen LogP) is 4.14. The molecule has 0 saturated heterocycles. The number of thiocarbonyl (C=S) groups is 1. The normalized spacial score (nSPS) is 10.2. The molecule has 1 N–H and O–H groups in total. The Kier molecular flexibility index (Phi) is 4.93. The van der Waals surface area contributed by atoms with Gasteiger partial charge in [-0.05, 0) is 47.8 Å². The van der Waals surface area contributed by atoms with Crippen LogP contribution < -0.4 is 5.32 Å². The van der Waals surface area contributed by atoms with E-state index in [0.717, 1.165) is 23.8 Å². The van der Waals surface area contributed by atoms with Crippen molar-refractivity contribution in [2.45, 2.75) is 19.9 Å². The second-order valence-corrected chi connectivity index (χ2v) is 5.83. The molecule has 0 unspecified atom stereocenters. The van der Waals surface area contributed by atoms with Crippen LogP contribution in [0.3, 0.4) is 0 Å². The molecule has 0 fully saturated rings. The largest absolute Gasteiger partial charge is 0.347 e. The van der Waals surface area contributed by atoms with Crippen LogP contribution in [0.15, 0.2) is 41.8 Å². The van der Waals surface area contributed by atoms with E-state index in [1.807, 2.05) is 7.05 Å². The first-order valence-corrected chi connectivity index (χ1v) is 7.61. The fourth-order valence-corrected chi connectivity index (χ4v) is 2.69. The van der Waals surface area contributed by atoms with Gasteiger partial charge >= 0.3 is 0 Å². The lowest BCUT2D eigenvalue weighted by atomic mass is 10.1. The number of benzene rings is 1. The Morgan fingerprint density at radius 2 is 2.00 bits per heavy atom. The summed E-state index contributed by atoms with van der Waals surface area (Å²) in [6.07, 6.45) is 1.06. The summed E-state index contributed by atoms with van der Waals surface area (Å²) in [6.45, 7) is 3.00. The summed E-state index contributed by atoms with van der Waals surface area (Å²) < 4.78 is 0. The highest BCUT2D eigenvalue weighted by molar-refractivity contribution is 7.80. The quantitative estimate of drug-likeness (QED) is 0.852. The van der Waals surface area contributed by atoms with Gasteiger partial charge in [0, 0.05) is 17.6 Å². The average Bonchev–Trinajstić information content (AvgIpc) is 2.92. The van der Waals surface area contributed by atoms with Crippen LogP contribution in [-0.4, -0.2) is 17.1 Å². The zero-order valence-corrected chi connectivity index (χ0v) is 12.9. The lowest BCUT2D eigenvalue weighted by molar-refractivity contribution is 0.514. The Bertz CT molecular complexity index is 518. The first-order chi connectivity index (χ1) is 9.19. The fraction of sp³-hybridized carbons (Fsp3) is 0.267. The van der Waals surface area contributed by atoms with Gasteiger partial charge in [-0.3, -0.25) is 0 Å². The van der Waals surface area contributed by atoms with Gasteiger partial charge in [-0.2, -0.15) is 0 Å². The number of rotatable bonds is 4. The van der Waals surface area contributed by atoms with Crippen LogP contribution in [0.5, 0.6) is 0 Å². The molecule has 2 nitrogen and oxygen atoms in total. The van der Waals surface area contributed by atoms with Crippen molar-refractivity contribution in [1.29, 1.82) is 0 Å². The van der Waals surface area contributed by atoms with Gasteiger partial charge in [-0.1, -0.05) is 25.1 Å². The summed E-state index contributed by atoms with van der Waals surface area (Å²) in [4.78, 5) is 3.36. The van der Waals surface area contributed by atoms with Crippen molar-refractivity contribution in [2.24, 2.45) is 0 Å². The molecule has 0 aliphatic carbocycles. The van der Waals surface area contributed by atoms with Crippen LogP contribution in [0.4, 0.5) is 5.69 Å². The maximum Gasteiger partial charge on any atom is 0.173 e. The lowest BCUT2D eigenvalue weighted by Gasteiger charge is -2.20. The topological polar surface area (TPSA) is 15.3 Å². The van der Waals surface area contributed by atoms with E-state index in [1.165, 1.54) is 10.4 Å². The Balaban J connectivity index is 1.92. The zero-order valence-electron chi connectivity index (χ0n) is 11.2. The van der Waals surface area contributed by atoms with Crippen LogP contribution in [-0.2, 0) is 13.0 Å². The number of hydrogen-bond donors (Lipinski definition) is 1. The highest BCUT2D eigenvalue weighted by Gasteiger charge is 2.06. The van der Waals surface area contributed by atoms with Gasteiger partial charge in [-0.25, -0.2) is 0 Å². The van der Waals surface area contributed by atoms with Crippen LogP contribution in [0.2, 0.25) is 0 Å². The average molecular weight is 290 g/mol. The minimum atomic E-state index is 0.748. The van der Waals surface area contributed by atoms with Crippen molar-refractivity contribution in [1.82, 2.24) is 4.90 Å². The molecule has 100 valence electrons. The van der Waals surface area contributed by atoms with Crippen LogP contribution >= 0.6 is 23.6 Å². The van der Waals surface area contributed by atoms with E-state index in [1.54, 1.807) is 11.3 Å². The SMILES string of the molecule is CCc1ccc(NC(=S)N(C)Cc2cccs2)cc1. The van der Waals surface area contributed by atoms with E-state index in [-0.39, 0.29) is 0 Å². The molecule has 0 bridgehead atoms. The third kappa shape index (κ3) is 4.04. The van der Waals surface area contributed by atoms with E-state index in [0.29, 0.717) is 0 Å². The van der Waals surface area contributed by atoms with Crippen molar-refractivity contribution >= 4 is 34.4 Å². The number of anilines is 1. The molecule has 4 heteroatoms. The van der Waals surface area contributed by atoms with E-state index in [9.17, 15) is 0 Å². The first-order valence-electron chi connectivity index (χ1n) is 6.32. The molecule has 0 spiro atoms. The van der Waals surface area contributed by atoms with Gasteiger partial charge in [0.2, 0.25) is 0 Å². The lowest BCUT2D eigenvalue weighted by Crippen LogP contribution is -2.30. The van der Waals surface area contributed by atoms with E-state index in [4.69, 9.17) is 12.2 Å². The summed E-state index contributed by atoms with van der Waals surface area (Å²) in [6, 6.07) is 12.6. The molecule has 2 aromatic rings. The van der Waals surface area contributed by atoms with Crippen molar-refractivity contribution in [3.8, 4) is 0 Å². The Labute approximate surface area is 124 Å². The number of hydrogen-bond acceptors (Lipinski definition) is 2. The van der Waals surface area contributed by atoms with Gasteiger partial charge in [0.1, 0.15) is 0 Å². The molecule has 0 aliphatic heterocycles. The molecule has 1 aromatic heterocycles. The number of nitrogens with zero attached hydrogens (tertiary/aromatic N) is 1. The standard InChI is InChI=1S/C15H18N2S2/c1-3-12-6-8-13(9-7-12)16-15(18)17(2)11-14-5-4-10-19-14/h4-10H,3,11H2,1-2H3,(H,16,18). The minimum Gasteiger partial charge on any atom is -0.347 e. The van der Waals surface area contributed by atoms with Gasteiger partial charge in [0.25, 0.3) is 0 Å². The third-order valence-corrected chi connectivity index (χ3v) is 4.21.